The molecule has 0 radical (unpaired) electrons. The molecule has 25 heavy (non-hydrogen) atoms. The third-order valence-corrected chi connectivity index (χ3v) is 7.24. The number of aliphatic hydroxyl groups excluding tert-OH is 1. The smallest absolute Gasteiger partial charge is 0.333 e. The van der Waals surface area contributed by atoms with Crippen LogP contribution in [-0.4, -0.2) is 28.4 Å². The summed E-state index contributed by atoms with van der Waals surface area (Å²) in [6.45, 7) is 6.62. The molecular formula is C20H28O5. The number of carbonyl (C=O) groups excluding carboxylic acids is 1. The van der Waals surface area contributed by atoms with Gasteiger partial charge in [0, 0.05) is 22.6 Å². The van der Waals surface area contributed by atoms with E-state index in [0.717, 1.165) is 32.1 Å². The van der Waals surface area contributed by atoms with Crippen molar-refractivity contribution in [3.63, 3.8) is 0 Å². The third kappa shape index (κ3) is 2.92. The molecular weight excluding hydrogens is 320 g/mol. The van der Waals surface area contributed by atoms with Crippen LogP contribution in [-0.2, 0) is 14.3 Å². The van der Waals surface area contributed by atoms with E-state index in [2.05, 4.69) is 20.8 Å². The number of aliphatic hydroxyl groups is 1. The molecule has 5 heteroatoms. The van der Waals surface area contributed by atoms with E-state index in [1.807, 2.05) is 6.08 Å². The molecule has 5 atom stereocenters. The molecule has 0 spiro atoms. The van der Waals surface area contributed by atoms with Gasteiger partial charge in [0.1, 0.15) is 0 Å². The lowest BCUT2D eigenvalue weighted by molar-refractivity contribution is -0.151. The van der Waals surface area contributed by atoms with Crippen molar-refractivity contribution in [3.8, 4) is 0 Å². The van der Waals surface area contributed by atoms with E-state index in [0.29, 0.717) is 23.5 Å². The largest absolute Gasteiger partial charge is 0.478 e. The van der Waals surface area contributed by atoms with Crippen molar-refractivity contribution in [2.75, 3.05) is 0 Å². The van der Waals surface area contributed by atoms with Gasteiger partial charge in [-0.3, -0.25) is 0 Å². The number of carboxylic acids is 1. The molecule has 0 saturated heterocycles. The minimum atomic E-state index is -1.12. The molecule has 1 fully saturated rings. The Balaban J connectivity index is 1.86. The van der Waals surface area contributed by atoms with Gasteiger partial charge in [-0.25, -0.2) is 9.59 Å². The van der Waals surface area contributed by atoms with Crippen molar-refractivity contribution < 1.29 is 24.5 Å². The number of fused-ring (bicyclic) bond motifs is 1. The predicted molar refractivity (Wildman–Crippen MR) is 92.5 cm³/mol. The Kier molecular flexibility index (Phi) is 4.56. The van der Waals surface area contributed by atoms with E-state index in [4.69, 9.17) is 4.74 Å². The number of hydrogen-bond donors (Lipinski definition) is 2. The van der Waals surface area contributed by atoms with Crippen LogP contribution < -0.4 is 0 Å². The van der Waals surface area contributed by atoms with Crippen molar-refractivity contribution >= 4 is 11.9 Å². The first kappa shape index (κ1) is 18.2. The van der Waals surface area contributed by atoms with Gasteiger partial charge in [0.05, 0.1) is 0 Å². The lowest BCUT2D eigenvalue weighted by Crippen LogP contribution is -2.51. The summed E-state index contributed by atoms with van der Waals surface area (Å²) < 4.78 is 4.79. The first-order valence-corrected chi connectivity index (χ1v) is 9.21. The number of hydrogen-bond acceptors (Lipinski definition) is 4. The van der Waals surface area contributed by atoms with E-state index in [1.54, 1.807) is 0 Å². The monoisotopic (exact) mass is 348 g/mol. The normalized spacial score (nSPS) is 40.8. The first-order chi connectivity index (χ1) is 11.7. The molecule has 2 N–H and O–H groups in total. The van der Waals surface area contributed by atoms with Gasteiger partial charge in [-0.15, -0.1) is 0 Å². The molecule has 5 nitrogen and oxygen atoms in total. The summed E-state index contributed by atoms with van der Waals surface area (Å²) in [6, 6.07) is 0. The maximum atomic E-state index is 11.8. The van der Waals surface area contributed by atoms with Crippen LogP contribution >= 0.6 is 0 Å². The molecule has 1 aliphatic heterocycles. The molecule has 1 heterocycles. The number of rotatable bonds is 4. The molecule has 2 aliphatic carbocycles. The Bertz CT molecular complexity index is 648. The van der Waals surface area contributed by atoms with Crippen LogP contribution in [0.15, 0.2) is 23.3 Å². The molecule has 0 aromatic rings. The number of cyclic esters (lactones) is 1. The fraction of sp³-hybridized carbons (Fsp3) is 0.700. The maximum Gasteiger partial charge on any atom is 0.333 e. The number of aliphatic carboxylic acids is 1. The second-order valence-corrected chi connectivity index (χ2v) is 8.42. The van der Waals surface area contributed by atoms with Crippen LogP contribution in [0.25, 0.3) is 0 Å². The standard InChI is InChI=1S/C20H28O5/c1-12-7-9-20(3)14(17(22)23)5-4-6-15(20)19(12,2)10-8-13-11-16(21)25-18(13)24/h5,11-12,15,18,24H,4,6-10H2,1-3H3,(H,22,23)/t12-,15-,18-,19+,20-/m0/s1. The highest BCUT2D eigenvalue weighted by atomic mass is 16.6. The van der Waals surface area contributed by atoms with E-state index < -0.39 is 18.2 Å². The fourth-order valence-corrected chi connectivity index (χ4v) is 5.49. The van der Waals surface area contributed by atoms with Crippen molar-refractivity contribution in [3.05, 3.63) is 23.3 Å². The molecule has 138 valence electrons. The van der Waals surface area contributed by atoms with E-state index in [1.165, 1.54) is 6.08 Å². The van der Waals surface area contributed by atoms with Crippen molar-refractivity contribution in [1.82, 2.24) is 0 Å². The summed E-state index contributed by atoms with van der Waals surface area (Å²) in [4.78, 5) is 23.1. The van der Waals surface area contributed by atoms with Crippen molar-refractivity contribution in [1.29, 1.82) is 0 Å². The van der Waals surface area contributed by atoms with Crippen molar-refractivity contribution in [2.24, 2.45) is 22.7 Å². The van der Waals surface area contributed by atoms with Gasteiger partial charge >= 0.3 is 11.9 Å². The van der Waals surface area contributed by atoms with E-state index >= 15 is 0 Å². The molecule has 0 amide bonds. The third-order valence-electron chi connectivity index (χ3n) is 7.24. The van der Waals surface area contributed by atoms with Gasteiger partial charge in [0.2, 0.25) is 6.29 Å². The Morgan fingerprint density at radius 1 is 1.36 bits per heavy atom. The lowest BCUT2D eigenvalue weighted by atomic mass is 9.46. The van der Waals surface area contributed by atoms with Gasteiger partial charge in [-0.1, -0.05) is 26.8 Å². The minimum Gasteiger partial charge on any atom is -0.478 e. The highest BCUT2D eigenvalue weighted by molar-refractivity contribution is 5.88. The highest BCUT2D eigenvalue weighted by Crippen LogP contribution is 2.62. The molecule has 3 aliphatic rings. The molecule has 1 saturated carbocycles. The Morgan fingerprint density at radius 3 is 2.68 bits per heavy atom. The van der Waals surface area contributed by atoms with Crippen LogP contribution in [0.2, 0.25) is 0 Å². The van der Waals surface area contributed by atoms with Gasteiger partial charge in [-0.05, 0) is 55.8 Å². The summed E-state index contributed by atoms with van der Waals surface area (Å²) in [5.41, 5.74) is 0.866. The Morgan fingerprint density at radius 2 is 2.08 bits per heavy atom. The van der Waals surface area contributed by atoms with Crippen LogP contribution in [0.5, 0.6) is 0 Å². The van der Waals surface area contributed by atoms with E-state index in [9.17, 15) is 19.8 Å². The van der Waals surface area contributed by atoms with Crippen LogP contribution in [0.4, 0.5) is 0 Å². The van der Waals surface area contributed by atoms with Gasteiger partial charge < -0.3 is 14.9 Å². The predicted octanol–water partition coefficient (Wildman–Crippen LogP) is 3.43. The summed E-state index contributed by atoms with van der Waals surface area (Å²) in [5, 5.41) is 19.5. The average molecular weight is 348 g/mol. The molecule has 3 rings (SSSR count). The molecule has 0 unspecified atom stereocenters. The zero-order valence-electron chi connectivity index (χ0n) is 15.2. The zero-order valence-corrected chi connectivity index (χ0v) is 15.2. The summed E-state index contributed by atoms with van der Waals surface area (Å²) >= 11 is 0. The Labute approximate surface area is 148 Å². The molecule has 0 aromatic heterocycles. The minimum absolute atomic E-state index is 0.0336. The average Bonchev–Trinajstić information content (AvgIpc) is 2.87. The number of carboxylic acid groups (broad SMARTS) is 1. The zero-order chi connectivity index (χ0) is 18.4. The number of esters is 1. The first-order valence-electron chi connectivity index (χ1n) is 9.21. The summed E-state index contributed by atoms with van der Waals surface area (Å²) in [6.07, 6.45) is 7.29. The maximum absolute atomic E-state index is 11.8. The van der Waals surface area contributed by atoms with Gasteiger partial charge in [0.15, 0.2) is 0 Å². The van der Waals surface area contributed by atoms with Crippen LogP contribution in [0.3, 0.4) is 0 Å². The van der Waals surface area contributed by atoms with Gasteiger partial charge in [0.25, 0.3) is 0 Å². The Hall–Kier alpha value is -1.62. The highest BCUT2D eigenvalue weighted by Gasteiger charge is 2.55. The topological polar surface area (TPSA) is 83.8 Å². The quantitative estimate of drug-likeness (QED) is 0.761. The van der Waals surface area contributed by atoms with E-state index in [-0.39, 0.29) is 16.7 Å². The number of carbonyl (C=O) groups is 2. The SMILES string of the molecule is C[C@H]1CC[C@@]2(C)C(C(=O)O)=CCC[C@H]2[C@]1(C)CCC1=CC(=O)O[C@@H]1O. The second kappa shape index (κ2) is 6.27. The van der Waals surface area contributed by atoms with Crippen LogP contribution in [0.1, 0.15) is 59.3 Å². The van der Waals surface area contributed by atoms with Gasteiger partial charge in [-0.2, -0.15) is 0 Å². The number of ether oxygens (including phenoxy) is 1. The second-order valence-electron chi connectivity index (χ2n) is 8.42. The van der Waals surface area contributed by atoms with Crippen LogP contribution in [0, 0.1) is 22.7 Å². The lowest BCUT2D eigenvalue weighted by Gasteiger charge is -2.57. The molecule has 0 aromatic carbocycles. The summed E-state index contributed by atoms with van der Waals surface area (Å²) in [5.74, 6) is -0.523. The molecule has 0 bridgehead atoms. The fourth-order valence-electron chi connectivity index (χ4n) is 5.49. The number of allylic oxidation sites excluding steroid dienone is 1. The van der Waals surface area contributed by atoms with Crippen molar-refractivity contribution in [2.45, 2.75) is 65.6 Å². The summed E-state index contributed by atoms with van der Waals surface area (Å²) in [7, 11) is 0.